The highest BCUT2D eigenvalue weighted by Crippen LogP contribution is 2.24. The smallest absolute Gasteiger partial charge is 0.228 e. The molecule has 0 spiro atoms. The third-order valence-corrected chi connectivity index (χ3v) is 5.21. The molecule has 168 valence electrons. The van der Waals surface area contributed by atoms with Gasteiger partial charge in [-0.2, -0.15) is 0 Å². The quantitative estimate of drug-likeness (QED) is 0.518. The predicted molar refractivity (Wildman–Crippen MR) is 123 cm³/mol. The molecule has 1 aliphatic heterocycles. The fourth-order valence-electron chi connectivity index (χ4n) is 3.56. The summed E-state index contributed by atoms with van der Waals surface area (Å²) in [5, 5.41) is 0. The Hall–Kier alpha value is -3.19. The zero-order chi connectivity index (χ0) is 21.3. The second-order valence-corrected chi connectivity index (χ2v) is 7.47. The predicted octanol–water partition coefficient (Wildman–Crippen LogP) is 3.53. The molecule has 8 heteroatoms. The number of carbonyl (C=O) groups excluding carboxylic acids is 1. The number of ether oxygens (including phenoxy) is 2. The van der Waals surface area contributed by atoms with Gasteiger partial charge in [0.05, 0.1) is 18.7 Å². The van der Waals surface area contributed by atoms with Crippen molar-refractivity contribution in [2.75, 3.05) is 19.7 Å². The van der Waals surface area contributed by atoms with Gasteiger partial charge in [-0.1, -0.05) is 12.1 Å². The molecule has 2 aromatic heterocycles. The summed E-state index contributed by atoms with van der Waals surface area (Å²) in [7, 11) is 0. The number of rotatable bonds is 8. The highest BCUT2D eigenvalue weighted by molar-refractivity contribution is 5.85. The maximum atomic E-state index is 12.5. The molecule has 7 nitrogen and oxygen atoms in total. The van der Waals surface area contributed by atoms with Crippen LogP contribution >= 0.6 is 12.4 Å². The van der Waals surface area contributed by atoms with E-state index in [0.717, 1.165) is 36.5 Å². The van der Waals surface area contributed by atoms with Gasteiger partial charge < -0.3 is 14.4 Å². The Morgan fingerprint density at radius 1 is 0.969 bits per heavy atom. The number of amides is 1. The summed E-state index contributed by atoms with van der Waals surface area (Å²) in [6, 6.07) is 13.6. The maximum absolute atomic E-state index is 12.5. The van der Waals surface area contributed by atoms with Crippen molar-refractivity contribution in [2.24, 2.45) is 0 Å². The Balaban J connectivity index is 0.00000289. The number of hydrogen-bond acceptors (Lipinski definition) is 6. The number of nitrogens with zero attached hydrogens (tertiary/aromatic N) is 4. The lowest BCUT2D eigenvalue weighted by atomic mass is 10.1. The van der Waals surface area contributed by atoms with Crippen LogP contribution in [-0.2, 0) is 17.6 Å². The molecule has 0 saturated carbocycles. The van der Waals surface area contributed by atoms with E-state index in [0.29, 0.717) is 25.4 Å². The molecule has 1 aromatic carbocycles. The Labute approximate surface area is 194 Å². The summed E-state index contributed by atoms with van der Waals surface area (Å²) in [6.45, 7) is 1.93. The lowest BCUT2D eigenvalue weighted by Crippen LogP contribution is -2.42. The molecule has 0 radical (unpaired) electrons. The molecule has 0 unspecified atom stereocenters. The van der Waals surface area contributed by atoms with Crippen molar-refractivity contribution < 1.29 is 14.3 Å². The van der Waals surface area contributed by atoms with E-state index in [1.165, 1.54) is 0 Å². The summed E-state index contributed by atoms with van der Waals surface area (Å²) in [5.41, 5.74) is 1.71. The molecule has 1 saturated heterocycles. The highest BCUT2D eigenvalue weighted by Gasteiger charge is 2.24. The molecule has 32 heavy (non-hydrogen) atoms. The van der Waals surface area contributed by atoms with Crippen molar-refractivity contribution in [3.63, 3.8) is 0 Å². The fraction of sp³-hybridized carbons (Fsp3) is 0.333. The van der Waals surface area contributed by atoms with E-state index in [1.54, 1.807) is 24.8 Å². The normalized spacial score (nSPS) is 13.8. The molecule has 1 fully saturated rings. The van der Waals surface area contributed by atoms with Crippen LogP contribution in [0.5, 0.6) is 11.5 Å². The number of likely N-dealkylation sites (tertiary alicyclic amines) is 1. The monoisotopic (exact) mass is 454 g/mol. The second kappa shape index (κ2) is 12.0. The average molecular weight is 455 g/mol. The lowest BCUT2D eigenvalue weighted by molar-refractivity contribution is -0.132. The van der Waals surface area contributed by atoms with Crippen LogP contribution in [0, 0.1) is 0 Å². The summed E-state index contributed by atoms with van der Waals surface area (Å²) in [6.07, 6.45) is 9.39. The molecule has 1 aliphatic rings. The first-order valence-electron chi connectivity index (χ1n) is 10.6. The van der Waals surface area contributed by atoms with Crippen molar-refractivity contribution >= 4 is 18.3 Å². The van der Waals surface area contributed by atoms with Crippen LogP contribution in [0.1, 0.15) is 24.2 Å². The third-order valence-electron chi connectivity index (χ3n) is 5.21. The van der Waals surface area contributed by atoms with Gasteiger partial charge in [-0.15, -0.1) is 12.4 Å². The minimum absolute atomic E-state index is 0. The van der Waals surface area contributed by atoms with Crippen LogP contribution < -0.4 is 9.47 Å². The molecule has 0 atom stereocenters. The number of carbonyl (C=O) groups is 1. The topological polar surface area (TPSA) is 77.4 Å². The molecular weight excluding hydrogens is 428 g/mol. The SMILES string of the molecule is Cl.O=C(Cc1cnccn1)N1CCC(Oc2cccc(OCCc3ccccn3)c2)CC1. The maximum Gasteiger partial charge on any atom is 0.228 e. The van der Waals surface area contributed by atoms with Gasteiger partial charge in [0, 0.05) is 68.9 Å². The molecule has 0 N–H and O–H groups in total. The van der Waals surface area contributed by atoms with Crippen LogP contribution in [0.15, 0.2) is 67.3 Å². The molecule has 0 aliphatic carbocycles. The number of piperidine rings is 1. The Bertz CT molecular complexity index is 967. The minimum Gasteiger partial charge on any atom is -0.493 e. The first-order valence-corrected chi connectivity index (χ1v) is 10.6. The fourth-order valence-corrected chi connectivity index (χ4v) is 3.56. The van der Waals surface area contributed by atoms with Crippen LogP contribution in [-0.4, -0.2) is 51.6 Å². The Morgan fingerprint density at radius 3 is 2.53 bits per heavy atom. The van der Waals surface area contributed by atoms with Gasteiger partial charge in [0.1, 0.15) is 17.6 Å². The first kappa shape index (κ1) is 23.5. The number of aromatic nitrogens is 3. The van der Waals surface area contributed by atoms with E-state index < -0.39 is 0 Å². The summed E-state index contributed by atoms with van der Waals surface area (Å²) < 4.78 is 12.0. The number of pyridine rings is 1. The van der Waals surface area contributed by atoms with Gasteiger partial charge in [0.25, 0.3) is 0 Å². The van der Waals surface area contributed by atoms with Crippen molar-refractivity contribution in [3.8, 4) is 11.5 Å². The Kier molecular flexibility index (Phi) is 8.80. The summed E-state index contributed by atoms with van der Waals surface area (Å²) in [5.74, 6) is 1.66. The van der Waals surface area contributed by atoms with Crippen LogP contribution in [0.3, 0.4) is 0 Å². The first-order chi connectivity index (χ1) is 15.3. The molecule has 0 bridgehead atoms. The van der Waals surface area contributed by atoms with Gasteiger partial charge in [-0.25, -0.2) is 0 Å². The minimum atomic E-state index is 0. The van der Waals surface area contributed by atoms with Crippen molar-refractivity contribution in [1.29, 1.82) is 0 Å². The molecular formula is C24H27ClN4O3. The van der Waals surface area contributed by atoms with Crippen molar-refractivity contribution in [1.82, 2.24) is 19.9 Å². The average Bonchev–Trinajstić information content (AvgIpc) is 2.81. The lowest BCUT2D eigenvalue weighted by Gasteiger charge is -2.32. The van der Waals surface area contributed by atoms with E-state index in [-0.39, 0.29) is 30.8 Å². The molecule has 4 rings (SSSR count). The van der Waals surface area contributed by atoms with E-state index in [1.807, 2.05) is 47.4 Å². The number of halogens is 1. The van der Waals surface area contributed by atoms with Gasteiger partial charge in [-0.05, 0) is 24.3 Å². The van der Waals surface area contributed by atoms with Gasteiger partial charge in [0.2, 0.25) is 5.91 Å². The molecule has 1 amide bonds. The van der Waals surface area contributed by atoms with E-state index >= 15 is 0 Å². The number of benzene rings is 1. The van der Waals surface area contributed by atoms with Crippen LogP contribution in [0.25, 0.3) is 0 Å². The standard InChI is InChI=1S/C24H26N4O3.ClH/c29-24(16-20-18-25-11-12-27-20)28-13-7-21(8-14-28)31-23-6-3-5-22(17-23)30-15-9-19-4-1-2-10-26-19;/h1-6,10-12,17-18,21H,7-9,13-16H2;1H. The third kappa shape index (κ3) is 6.92. The van der Waals surface area contributed by atoms with E-state index in [9.17, 15) is 4.79 Å². The van der Waals surface area contributed by atoms with Crippen LogP contribution in [0.4, 0.5) is 0 Å². The van der Waals surface area contributed by atoms with E-state index in [2.05, 4.69) is 15.0 Å². The van der Waals surface area contributed by atoms with E-state index in [4.69, 9.17) is 9.47 Å². The zero-order valence-corrected chi connectivity index (χ0v) is 18.6. The highest BCUT2D eigenvalue weighted by atomic mass is 35.5. The largest absolute Gasteiger partial charge is 0.493 e. The van der Waals surface area contributed by atoms with Crippen molar-refractivity contribution in [2.45, 2.75) is 31.8 Å². The van der Waals surface area contributed by atoms with Gasteiger partial charge in [-0.3, -0.25) is 19.7 Å². The van der Waals surface area contributed by atoms with Gasteiger partial charge >= 0.3 is 0 Å². The molecule has 3 aromatic rings. The van der Waals surface area contributed by atoms with Gasteiger partial charge in [0.15, 0.2) is 0 Å². The molecule has 3 heterocycles. The zero-order valence-electron chi connectivity index (χ0n) is 17.8. The second-order valence-electron chi connectivity index (χ2n) is 7.47. The summed E-state index contributed by atoms with van der Waals surface area (Å²) >= 11 is 0. The Morgan fingerprint density at radius 2 is 1.78 bits per heavy atom. The van der Waals surface area contributed by atoms with Crippen LogP contribution in [0.2, 0.25) is 0 Å². The number of hydrogen-bond donors (Lipinski definition) is 0. The summed E-state index contributed by atoms with van der Waals surface area (Å²) in [4.78, 5) is 26.9. The van der Waals surface area contributed by atoms with Crippen molar-refractivity contribution in [3.05, 3.63) is 78.6 Å².